The molecule has 2 unspecified atom stereocenters. The van der Waals surface area contributed by atoms with Gasteiger partial charge in [-0.1, -0.05) is 18.2 Å². The van der Waals surface area contributed by atoms with Crippen LogP contribution in [0, 0.1) is 0 Å². The molecule has 2 atom stereocenters. The van der Waals surface area contributed by atoms with Crippen molar-refractivity contribution in [1.82, 2.24) is 15.0 Å². The van der Waals surface area contributed by atoms with Crippen LogP contribution in [0.15, 0.2) is 71.8 Å². The summed E-state index contributed by atoms with van der Waals surface area (Å²) < 4.78 is 25.6. The van der Waals surface area contributed by atoms with Gasteiger partial charge in [-0.3, -0.25) is 4.79 Å². The number of hydrogen-bond donors (Lipinski definition) is 2. The summed E-state index contributed by atoms with van der Waals surface area (Å²) in [6.45, 7) is 3.24. The fourth-order valence-electron chi connectivity index (χ4n) is 5.06. The van der Waals surface area contributed by atoms with E-state index in [0.29, 0.717) is 24.7 Å². The minimum absolute atomic E-state index is 0.119. The number of benzene rings is 2. The van der Waals surface area contributed by atoms with Gasteiger partial charge in [0.2, 0.25) is 5.56 Å². The van der Waals surface area contributed by atoms with Crippen molar-refractivity contribution >= 4 is 11.4 Å². The topological polar surface area (TPSA) is 92.4 Å². The third-order valence-electron chi connectivity index (χ3n) is 6.96. The Bertz CT molecular complexity index is 1520. The molecule has 2 aliphatic rings. The zero-order valence-corrected chi connectivity index (χ0v) is 21.0. The number of rotatable bonds is 6. The second-order valence-electron chi connectivity index (χ2n) is 9.56. The van der Waals surface area contributed by atoms with Crippen molar-refractivity contribution in [2.45, 2.75) is 32.2 Å². The normalized spacial score (nSPS) is 17.2. The van der Waals surface area contributed by atoms with Crippen LogP contribution in [0.25, 0.3) is 0 Å². The molecule has 0 saturated carbocycles. The molecule has 0 spiro atoms. The van der Waals surface area contributed by atoms with Gasteiger partial charge in [0, 0.05) is 60.5 Å². The first-order valence-electron chi connectivity index (χ1n) is 12.7. The van der Waals surface area contributed by atoms with Gasteiger partial charge in [-0.15, -0.1) is 0 Å². The lowest BCUT2D eigenvalue weighted by molar-refractivity contribution is 0.0384. The van der Waals surface area contributed by atoms with E-state index in [-0.39, 0.29) is 17.7 Å². The highest BCUT2D eigenvalue weighted by Crippen LogP contribution is 2.43. The smallest absolute Gasteiger partial charge is 0.249 e. The fourth-order valence-corrected chi connectivity index (χ4v) is 5.06. The van der Waals surface area contributed by atoms with E-state index < -0.39 is 6.67 Å². The van der Waals surface area contributed by atoms with Crippen LogP contribution >= 0.6 is 0 Å². The SMILES string of the molecule is CC(Nc1ccc2c(c1)Cc1cccc(C3CN(c4cc[nH]c(=O)c4)CCO3)c1O2)c1nccc(CF)n1. The maximum Gasteiger partial charge on any atom is 0.249 e. The van der Waals surface area contributed by atoms with Gasteiger partial charge in [-0.2, -0.15) is 0 Å². The van der Waals surface area contributed by atoms with E-state index in [9.17, 15) is 9.18 Å². The summed E-state index contributed by atoms with van der Waals surface area (Å²) in [4.78, 5) is 25.2. The Morgan fingerprint density at radius 3 is 2.97 bits per heavy atom. The molecule has 1 fully saturated rings. The van der Waals surface area contributed by atoms with Crippen LogP contribution in [-0.4, -0.2) is 34.6 Å². The lowest BCUT2D eigenvalue weighted by Crippen LogP contribution is -2.39. The molecule has 0 amide bonds. The number of halogens is 1. The quantitative estimate of drug-likeness (QED) is 0.327. The highest BCUT2D eigenvalue weighted by molar-refractivity contribution is 5.59. The molecule has 6 rings (SSSR count). The largest absolute Gasteiger partial charge is 0.456 e. The van der Waals surface area contributed by atoms with E-state index in [1.807, 2.05) is 31.2 Å². The predicted molar refractivity (Wildman–Crippen MR) is 143 cm³/mol. The van der Waals surface area contributed by atoms with Crippen LogP contribution in [0.2, 0.25) is 0 Å². The molecule has 0 bridgehead atoms. The molecule has 0 radical (unpaired) electrons. The Hall–Kier alpha value is -4.24. The average molecular weight is 514 g/mol. The number of alkyl halides is 1. The van der Waals surface area contributed by atoms with Crippen molar-refractivity contribution in [3.8, 4) is 11.5 Å². The van der Waals surface area contributed by atoms with E-state index in [4.69, 9.17) is 9.47 Å². The molecule has 2 aromatic carbocycles. The average Bonchev–Trinajstić information content (AvgIpc) is 2.96. The van der Waals surface area contributed by atoms with Crippen molar-refractivity contribution < 1.29 is 13.9 Å². The zero-order valence-electron chi connectivity index (χ0n) is 21.0. The van der Waals surface area contributed by atoms with Gasteiger partial charge in [0.1, 0.15) is 24.3 Å². The number of nitrogens with one attached hydrogen (secondary N) is 2. The summed E-state index contributed by atoms with van der Waals surface area (Å²) in [6, 6.07) is 17.1. The molecule has 194 valence electrons. The Kier molecular flexibility index (Phi) is 6.51. The van der Waals surface area contributed by atoms with Crippen LogP contribution in [0.1, 0.15) is 47.3 Å². The molecule has 4 heterocycles. The van der Waals surface area contributed by atoms with Crippen molar-refractivity contribution in [3.63, 3.8) is 0 Å². The van der Waals surface area contributed by atoms with Crippen molar-refractivity contribution in [2.24, 2.45) is 0 Å². The van der Waals surface area contributed by atoms with E-state index in [2.05, 4.69) is 43.4 Å². The summed E-state index contributed by atoms with van der Waals surface area (Å²) in [7, 11) is 0. The second kappa shape index (κ2) is 10.3. The number of nitrogens with zero attached hydrogens (tertiary/aromatic N) is 3. The number of para-hydroxylation sites is 1. The molecule has 2 N–H and O–H groups in total. The molecule has 2 aliphatic heterocycles. The zero-order chi connectivity index (χ0) is 26.1. The summed E-state index contributed by atoms with van der Waals surface area (Å²) in [6.07, 6.45) is 3.80. The highest BCUT2D eigenvalue weighted by atomic mass is 19.1. The summed E-state index contributed by atoms with van der Waals surface area (Å²) >= 11 is 0. The van der Waals surface area contributed by atoms with Crippen LogP contribution in [-0.2, 0) is 17.8 Å². The van der Waals surface area contributed by atoms with Gasteiger partial charge in [0.25, 0.3) is 0 Å². The van der Waals surface area contributed by atoms with Crippen molar-refractivity contribution in [2.75, 3.05) is 29.9 Å². The molecule has 8 nitrogen and oxygen atoms in total. The fraction of sp³-hybridized carbons (Fsp3) is 0.276. The first-order valence-corrected chi connectivity index (χ1v) is 12.7. The summed E-state index contributed by atoms with van der Waals surface area (Å²) in [5.74, 6) is 2.19. The van der Waals surface area contributed by atoms with Crippen LogP contribution in [0.3, 0.4) is 0 Å². The number of fused-ring (bicyclic) bond motifs is 2. The van der Waals surface area contributed by atoms with Gasteiger partial charge >= 0.3 is 0 Å². The van der Waals surface area contributed by atoms with Crippen LogP contribution < -0.4 is 20.5 Å². The summed E-state index contributed by atoms with van der Waals surface area (Å²) in [5.41, 5.74) is 5.22. The number of aromatic nitrogens is 3. The van der Waals surface area contributed by atoms with Crippen LogP contribution in [0.4, 0.5) is 15.8 Å². The Morgan fingerprint density at radius 1 is 1.18 bits per heavy atom. The maximum absolute atomic E-state index is 13.0. The maximum atomic E-state index is 13.0. The molecule has 4 aromatic rings. The first kappa shape index (κ1) is 24.1. The molecule has 1 saturated heterocycles. The number of ether oxygens (including phenoxy) is 2. The minimum atomic E-state index is -0.615. The van der Waals surface area contributed by atoms with E-state index in [0.717, 1.165) is 52.5 Å². The van der Waals surface area contributed by atoms with Crippen molar-refractivity contribution in [1.29, 1.82) is 0 Å². The second-order valence-corrected chi connectivity index (χ2v) is 9.56. The lowest BCUT2D eigenvalue weighted by atomic mass is 9.95. The van der Waals surface area contributed by atoms with Crippen molar-refractivity contribution in [3.05, 3.63) is 106 Å². The highest BCUT2D eigenvalue weighted by Gasteiger charge is 2.29. The Balaban J connectivity index is 1.21. The van der Waals surface area contributed by atoms with E-state index in [1.165, 1.54) is 0 Å². The molecule has 38 heavy (non-hydrogen) atoms. The lowest BCUT2D eigenvalue weighted by Gasteiger charge is -2.36. The van der Waals surface area contributed by atoms with E-state index >= 15 is 0 Å². The monoisotopic (exact) mass is 513 g/mol. The molecule has 9 heteroatoms. The number of aromatic amines is 1. The molecular formula is C29H28FN5O3. The standard InChI is InChI=1S/C29H28FN5O3/c1-18(29-32-9-7-22(16-30)34-29)33-21-5-6-25-20(14-21)13-19-3-2-4-24(28(19)38-25)26-17-35(11-12-37-26)23-8-10-31-27(36)15-23/h2-10,14-15,18,26,33H,11-13,16-17H2,1H3,(H,31,36). The third kappa shape index (κ3) is 4.84. The predicted octanol–water partition coefficient (Wildman–Crippen LogP) is 5.08. The van der Waals surface area contributed by atoms with Gasteiger partial charge in [0.05, 0.1) is 18.3 Å². The van der Waals surface area contributed by atoms with Gasteiger partial charge < -0.3 is 24.7 Å². The van der Waals surface area contributed by atoms with E-state index in [1.54, 1.807) is 24.5 Å². The molecule has 0 aliphatic carbocycles. The number of anilines is 2. The Labute approximate surface area is 219 Å². The number of morpholine rings is 1. The van der Waals surface area contributed by atoms with Gasteiger partial charge in [0.15, 0.2) is 5.82 Å². The van der Waals surface area contributed by atoms with Gasteiger partial charge in [-0.25, -0.2) is 14.4 Å². The molecular weight excluding hydrogens is 485 g/mol. The number of hydrogen-bond acceptors (Lipinski definition) is 7. The minimum Gasteiger partial charge on any atom is -0.456 e. The summed E-state index contributed by atoms with van der Waals surface area (Å²) in [5, 5.41) is 3.42. The van der Waals surface area contributed by atoms with Gasteiger partial charge in [-0.05, 0) is 42.8 Å². The number of pyridine rings is 1. The number of H-pyrrole nitrogens is 1. The third-order valence-corrected chi connectivity index (χ3v) is 6.96. The Morgan fingerprint density at radius 2 is 2.11 bits per heavy atom. The first-order chi connectivity index (χ1) is 18.6. The molecule has 2 aromatic heterocycles. The van der Waals surface area contributed by atoms with Crippen LogP contribution in [0.5, 0.6) is 11.5 Å².